The second kappa shape index (κ2) is 10.5. The largest absolute Gasteiger partial charge is 0.497 e. The summed E-state index contributed by atoms with van der Waals surface area (Å²) in [6.45, 7) is 0.669. The van der Waals surface area contributed by atoms with Gasteiger partial charge in [-0.25, -0.2) is 17.5 Å². The molecule has 0 aliphatic rings. The lowest BCUT2D eigenvalue weighted by Crippen LogP contribution is -2.13. The van der Waals surface area contributed by atoms with E-state index in [4.69, 9.17) is 14.2 Å². The van der Waals surface area contributed by atoms with E-state index in [1.54, 1.807) is 43.2 Å². The van der Waals surface area contributed by atoms with Gasteiger partial charge >= 0.3 is 6.01 Å². The zero-order chi connectivity index (χ0) is 24.8. The van der Waals surface area contributed by atoms with Gasteiger partial charge in [0.05, 0.1) is 24.3 Å². The summed E-state index contributed by atoms with van der Waals surface area (Å²) in [5.74, 6) is 0.716. The highest BCUT2D eigenvalue weighted by atomic mass is 32.2. The minimum atomic E-state index is -3.87. The first-order chi connectivity index (χ1) is 16.9. The maximum Gasteiger partial charge on any atom is 0.336 e. The Hall–Kier alpha value is -3.96. The van der Waals surface area contributed by atoms with E-state index in [1.165, 1.54) is 12.1 Å². The van der Waals surface area contributed by atoms with Crippen molar-refractivity contribution >= 4 is 15.7 Å². The number of halogens is 1. The van der Waals surface area contributed by atoms with Gasteiger partial charge in [0.25, 0.3) is 10.0 Å². The predicted molar refractivity (Wildman–Crippen MR) is 128 cm³/mol. The van der Waals surface area contributed by atoms with Crippen molar-refractivity contribution in [1.29, 1.82) is 0 Å². The fourth-order valence-corrected chi connectivity index (χ4v) is 4.23. The molecular weight excluding hydrogens is 475 g/mol. The third kappa shape index (κ3) is 5.76. The molecule has 3 aromatic carbocycles. The van der Waals surface area contributed by atoms with Gasteiger partial charge in [-0.15, -0.1) is 5.10 Å². The Morgan fingerprint density at radius 2 is 1.60 bits per heavy atom. The van der Waals surface area contributed by atoms with Gasteiger partial charge in [0.15, 0.2) is 5.82 Å². The minimum absolute atomic E-state index is 0.0427. The molecule has 35 heavy (non-hydrogen) atoms. The van der Waals surface area contributed by atoms with E-state index in [1.807, 2.05) is 24.3 Å². The van der Waals surface area contributed by atoms with Crippen molar-refractivity contribution in [2.24, 2.45) is 0 Å². The fourth-order valence-electron chi connectivity index (χ4n) is 3.18. The van der Waals surface area contributed by atoms with Crippen LogP contribution in [-0.2, 0) is 14.8 Å². The summed E-state index contributed by atoms with van der Waals surface area (Å²) in [6, 6.07) is 18.7. The highest BCUT2D eigenvalue weighted by Gasteiger charge is 2.17. The van der Waals surface area contributed by atoms with Crippen LogP contribution >= 0.6 is 0 Å². The number of methoxy groups -OCH3 is 2. The summed E-state index contributed by atoms with van der Waals surface area (Å²) in [5.41, 5.74) is 1.75. The first-order valence-electron chi connectivity index (χ1n) is 10.5. The van der Waals surface area contributed by atoms with Crippen LogP contribution in [0.25, 0.3) is 17.1 Å². The van der Waals surface area contributed by atoms with E-state index >= 15 is 0 Å². The smallest absolute Gasteiger partial charge is 0.336 e. The van der Waals surface area contributed by atoms with Crippen LogP contribution in [0, 0.1) is 5.82 Å². The Kier molecular flexibility index (Phi) is 7.28. The van der Waals surface area contributed by atoms with Gasteiger partial charge in [0.2, 0.25) is 0 Å². The maximum absolute atomic E-state index is 13.1. The van der Waals surface area contributed by atoms with E-state index in [9.17, 15) is 12.8 Å². The SMILES string of the molecule is COCCOc1nc(-c2ccc(OC)cc2)n(-c2ccc(NS(=O)(=O)c3ccc(F)cc3)cc2)n1. The molecule has 0 aliphatic carbocycles. The first kappa shape index (κ1) is 24.2. The second-order valence-corrected chi connectivity index (χ2v) is 8.99. The number of hydrogen-bond donors (Lipinski definition) is 1. The lowest BCUT2D eigenvalue weighted by Gasteiger charge is -2.10. The molecule has 4 aromatic rings. The van der Waals surface area contributed by atoms with Crippen LogP contribution in [0.3, 0.4) is 0 Å². The average Bonchev–Trinajstić information content (AvgIpc) is 3.29. The summed E-state index contributed by atoms with van der Waals surface area (Å²) >= 11 is 0. The third-order valence-corrected chi connectivity index (χ3v) is 6.34. The molecular formula is C24H23FN4O5S. The zero-order valence-electron chi connectivity index (χ0n) is 19.0. The number of rotatable bonds is 10. The van der Waals surface area contributed by atoms with Gasteiger partial charge in [-0.3, -0.25) is 4.72 Å². The molecule has 0 bridgehead atoms. The van der Waals surface area contributed by atoms with Crippen molar-refractivity contribution in [3.8, 4) is 28.8 Å². The molecule has 0 aliphatic heterocycles. The predicted octanol–water partition coefficient (Wildman–Crippen LogP) is 3.91. The molecule has 1 heterocycles. The first-order valence-corrected chi connectivity index (χ1v) is 12.0. The maximum atomic E-state index is 13.1. The molecule has 9 nitrogen and oxygen atoms in total. The fraction of sp³-hybridized carbons (Fsp3) is 0.167. The molecule has 0 saturated carbocycles. The number of aromatic nitrogens is 3. The van der Waals surface area contributed by atoms with Crippen LogP contribution in [0.4, 0.5) is 10.1 Å². The Labute approximate surface area is 202 Å². The van der Waals surface area contributed by atoms with Gasteiger partial charge in [0, 0.05) is 18.4 Å². The molecule has 1 N–H and O–H groups in total. The second-order valence-electron chi connectivity index (χ2n) is 7.31. The highest BCUT2D eigenvalue weighted by molar-refractivity contribution is 7.92. The van der Waals surface area contributed by atoms with E-state index < -0.39 is 15.8 Å². The molecule has 0 unspecified atom stereocenters. The van der Waals surface area contributed by atoms with Crippen molar-refractivity contribution in [3.63, 3.8) is 0 Å². The van der Waals surface area contributed by atoms with E-state index in [0.29, 0.717) is 29.6 Å². The Balaban J connectivity index is 1.62. The topological polar surface area (TPSA) is 105 Å². The third-order valence-electron chi connectivity index (χ3n) is 4.94. The number of nitrogens with one attached hydrogen (secondary N) is 1. The molecule has 0 saturated heterocycles. The Bertz CT molecular complexity index is 1370. The molecule has 0 spiro atoms. The van der Waals surface area contributed by atoms with Crippen LogP contribution < -0.4 is 14.2 Å². The van der Waals surface area contributed by atoms with Crippen molar-refractivity contribution < 1.29 is 27.0 Å². The molecule has 1 aromatic heterocycles. The minimum Gasteiger partial charge on any atom is -0.497 e. The molecule has 4 rings (SSSR count). The van der Waals surface area contributed by atoms with Gasteiger partial charge < -0.3 is 14.2 Å². The van der Waals surface area contributed by atoms with Crippen molar-refractivity contribution in [2.45, 2.75) is 4.90 Å². The highest BCUT2D eigenvalue weighted by Crippen LogP contribution is 2.26. The van der Waals surface area contributed by atoms with Crippen LogP contribution in [0.15, 0.2) is 77.7 Å². The number of ether oxygens (including phenoxy) is 3. The van der Waals surface area contributed by atoms with Gasteiger partial charge in [-0.05, 0) is 72.8 Å². The van der Waals surface area contributed by atoms with Gasteiger partial charge in [-0.2, -0.15) is 4.98 Å². The van der Waals surface area contributed by atoms with Crippen molar-refractivity contribution in [3.05, 3.63) is 78.6 Å². The molecule has 182 valence electrons. The van der Waals surface area contributed by atoms with Gasteiger partial charge in [0.1, 0.15) is 18.2 Å². The number of hydrogen-bond acceptors (Lipinski definition) is 7. The molecule has 0 radical (unpaired) electrons. The molecule has 0 atom stereocenters. The zero-order valence-corrected chi connectivity index (χ0v) is 19.8. The lowest BCUT2D eigenvalue weighted by molar-refractivity contribution is 0.141. The van der Waals surface area contributed by atoms with Crippen LogP contribution in [0.1, 0.15) is 0 Å². The van der Waals surface area contributed by atoms with Crippen LogP contribution in [0.5, 0.6) is 11.8 Å². The number of benzene rings is 3. The van der Waals surface area contributed by atoms with E-state index in [0.717, 1.165) is 17.7 Å². The number of anilines is 1. The Morgan fingerprint density at radius 3 is 2.23 bits per heavy atom. The summed E-state index contributed by atoms with van der Waals surface area (Å²) in [5, 5.41) is 4.45. The average molecular weight is 499 g/mol. The quantitative estimate of drug-likeness (QED) is 0.331. The summed E-state index contributed by atoms with van der Waals surface area (Å²) in [4.78, 5) is 4.46. The Morgan fingerprint density at radius 1 is 0.914 bits per heavy atom. The molecule has 0 amide bonds. The standard InChI is InChI=1S/C24H23FN4O5S/c1-32-15-16-34-24-26-23(17-3-11-21(33-2)12-4-17)29(27-24)20-9-7-19(8-10-20)28-35(30,31)22-13-5-18(25)6-14-22/h3-14,28H,15-16H2,1-2H3. The van der Waals surface area contributed by atoms with E-state index in [2.05, 4.69) is 14.8 Å². The van der Waals surface area contributed by atoms with Crippen LogP contribution in [0.2, 0.25) is 0 Å². The normalized spacial score (nSPS) is 11.3. The van der Waals surface area contributed by atoms with Gasteiger partial charge in [-0.1, -0.05) is 0 Å². The molecule has 11 heteroatoms. The van der Waals surface area contributed by atoms with Crippen molar-refractivity contribution in [2.75, 3.05) is 32.2 Å². The number of sulfonamides is 1. The lowest BCUT2D eigenvalue weighted by atomic mass is 10.2. The summed E-state index contributed by atoms with van der Waals surface area (Å²) < 4.78 is 58.2. The van der Waals surface area contributed by atoms with Crippen molar-refractivity contribution in [1.82, 2.24) is 14.8 Å². The van der Waals surface area contributed by atoms with E-state index in [-0.39, 0.29) is 17.5 Å². The van der Waals surface area contributed by atoms with Crippen LogP contribution in [-0.4, -0.2) is 50.6 Å². The monoisotopic (exact) mass is 498 g/mol. The number of nitrogens with zero attached hydrogens (tertiary/aromatic N) is 3. The summed E-state index contributed by atoms with van der Waals surface area (Å²) in [6.07, 6.45) is 0. The molecule has 0 fully saturated rings. The summed E-state index contributed by atoms with van der Waals surface area (Å²) in [7, 11) is -0.707.